The van der Waals surface area contributed by atoms with Gasteiger partial charge in [0.05, 0.1) is 5.41 Å². The van der Waals surface area contributed by atoms with E-state index >= 15 is 0 Å². The average molecular weight is 388 g/mol. The largest absolute Gasteiger partial charge is 0.381 e. The molecular formula is C18H27Cl2N3O2. The number of piperazine rings is 1. The number of carbonyl (C=O) groups is 1. The van der Waals surface area contributed by atoms with E-state index < -0.39 is 5.41 Å². The van der Waals surface area contributed by atoms with Crippen LogP contribution in [0, 0.1) is 0 Å². The number of amides is 1. The van der Waals surface area contributed by atoms with Crippen LogP contribution in [-0.4, -0.2) is 63.3 Å². The van der Waals surface area contributed by atoms with Gasteiger partial charge in [0.1, 0.15) is 0 Å². The molecule has 0 unspecified atom stereocenters. The van der Waals surface area contributed by atoms with Gasteiger partial charge in [-0.3, -0.25) is 9.69 Å². The van der Waals surface area contributed by atoms with Crippen molar-refractivity contribution >= 4 is 29.9 Å². The Morgan fingerprint density at radius 2 is 2.00 bits per heavy atom. The van der Waals surface area contributed by atoms with Crippen LogP contribution in [0.2, 0.25) is 5.02 Å². The van der Waals surface area contributed by atoms with Crippen molar-refractivity contribution in [3.8, 4) is 0 Å². The molecule has 1 aromatic rings. The number of rotatable bonds is 5. The Balaban J connectivity index is 0.00000225. The monoisotopic (exact) mass is 387 g/mol. The summed E-state index contributed by atoms with van der Waals surface area (Å²) in [5.41, 5.74) is 0.477. The zero-order valence-electron chi connectivity index (χ0n) is 14.4. The van der Waals surface area contributed by atoms with Gasteiger partial charge in [0.15, 0.2) is 0 Å². The number of benzene rings is 1. The van der Waals surface area contributed by atoms with Crippen LogP contribution in [0.4, 0.5) is 0 Å². The summed E-state index contributed by atoms with van der Waals surface area (Å²) in [7, 11) is 0. The van der Waals surface area contributed by atoms with Crippen LogP contribution in [0.1, 0.15) is 18.4 Å². The van der Waals surface area contributed by atoms with E-state index in [1.165, 1.54) is 0 Å². The summed E-state index contributed by atoms with van der Waals surface area (Å²) in [5, 5.41) is 7.17. The van der Waals surface area contributed by atoms with Crippen molar-refractivity contribution in [1.29, 1.82) is 0 Å². The lowest BCUT2D eigenvalue weighted by molar-refractivity contribution is -0.130. The van der Waals surface area contributed by atoms with E-state index in [1.54, 1.807) is 0 Å². The lowest BCUT2D eigenvalue weighted by Gasteiger charge is -2.36. The van der Waals surface area contributed by atoms with Crippen molar-refractivity contribution in [3.05, 3.63) is 34.9 Å². The van der Waals surface area contributed by atoms with Gasteiger partial charge in [0.2, 0.25) is 5.91 Å². The Bertz CT molecular complexity index is 559. The number of hydrogen-bond acceptors (Lipinski definition) is 4. The first kappa shape index (κ1) is 20.5. The fourth-order valence-electron chi connectivity index (χ4n) is 3.58. The van der Waals surface area contributed by atoms with Gasteiger partial charge in [0, 0.05) is 57.5 Å². The molecule has 1 amide bonds. The number of halogens is 2. The van der Waals surface area contributed by atoms with Crippen LogP contribution in [0.25, 0.3) is 0 Å². The van der Waals surface area contributed by atoms with Crippen molar-refractivity contribution in [1.82, 2.24) is 15.5 Å². The molecule has 2 heterocycles. The highest BCUT2D eigenvalue weighted by atomic mass is 35.5. The molecule has 0 saturated carbocycles. The third-order valence-electron chi connectivity index (χ3n) is 5.08. The molecule has 140 valence electrons. The van der Waals surface area contributed by atoms with Crippen LogP contribution in [0.3, 0.4) is 0 Å². The maximum atomic E-state index is 13.0. The molecule has 2 saturated heterocycles. The first-order valence-corrected chi connectivity index (χ1v) is 9.14. The van der Waals surface area contributed by atoms with E-state index in [2.05, 4.69) is 15.5 Å². The van der Waals surface area contributed by atoms with Gasteiger partial charge < -0.3 is 15.4 Å². The van der Waals surface area contributed by atoms with Crippen molar-refractivity contribution in [2.45, 2.75) is 18.3 Å². The predicted octanol–water partition coefficient (Wildman–Crippen LogP) is 1.83. The minimum atomic E-state index is -0.521. The summed E-state index contributed by atoms with van der Waals surface area (Å²) in [4.78, 5) is 15.4. The van der Waals surface area contributed by atoms with Crippen LogP contribution in [-0.2, 0) is 14.9 Å². The fourth-order valence-corrected chi connectivity index (χ4v) is 3.77. The van der Waals surface area contributed by atoms with Crippen molar-refractivity contribution in [3.63, 3.8) is 0 Å². The quantitative estimate of drug-likeness (QED) is 0.808. The van der Waals surface area contributed by atoms with Crippen LogP contribution in [0.15, 0.2) is 24.3 Å². The number of ether oxygens (including phenoxy) is 1. The molecule has 7 heteroatoms. The molecule has 1 aromatic carbocycles. The van der Waals surface area contributed by atoms with Crippen molar-refractivity contribution < 1.29 is 9.53 Å². The zero-order valence-corrected chi connectivity index (χ0v) is 16.0. The van der Waals surface area contributed by atoms with Gasteiger partial charge in [-0.05, 0) is 30.5 Å². The summed E-state index contributed by atoms with van der Waals surface area (Å²) in [6, 6.07) is 7.69. The minimum absolute atomic E-state index is 0. The summed E-state index contributed by atoms with van der Waals surface area (Å²) < 4.78 is 5.50. The van der Waals surface area contributed by atoms with E-state index in [4.69, 9.17) is 16.3 Å². The zero-order chi connectivity index (χ0) is 16.8. The standard InChI is InChI=1S/C18H26ClN3O2.ClH/c19-16-3-1-2-15(14-16)18(4-12-24-13-5-18)17(23)21-8-11-22-9-6-20-7-10-22;/h1-3,14,20H,4-13H2,(H,21,23);1H. The second kappa shape index (κ2) is 9.74. The minimum Gasteiger partial charge on any atom is -0.381 e. The van der Waals surface area contributed by atoms with Crippen molar-refractivity contribution in [2.75, 3.05) is 52.5 Å². The maximum Gasteiger partial charge on any atom is 0.230 e. The lowest BCUT2D eigenvalue weighted by atomic mass is 9.73. The Hall–Kier alpha value is -0.850. The topological polar surface area (TPSA) is 53.6 Å². The highest BCUT2D eigenvalue weighted by molar-refractivity contribution is 6.30. The van der Waals surface area contributed by atoms with Gasteiger partial charge in [-0.1, -0.05) is 23.7 Å². The van der Waals surface area contributed by atoms with E-state index in [9.17, 15) is 4.79 Å². The molecule has 0 radical (unpaired) electrons. The Morgan fingerprint density at radius 1 is 1.28 bits per heavy atom. The van der Waals surface area contributed by atoms with Gasteiger partial charge in [0.25, 0.3) is 0 Å². The normalized spacial score (nSPS) is 20.5. The smallest absolute Gasteiger partial charge is 0.230 e. The van der Waals surface area contributed by atoms with E-state index in [1.807, 2.05) is 24.3 Å². The highest BCUT2D eigenvalue weighted by Gasteiger charge is 2.41. The maximum absolute atomic E-state index is 13.0. The molecule has 3 rings (SSSR count). The molecular weight excluding hydrogens is 361 g/mol. The van der Waals surface area contributed by atoms with Gasteiger partial charge in [-0.2, -0.15) is 0 Å². The number of nitrogens with one attached hydrogen (secondary N) is 2. The third kappa shape index (κ3) is 5.08. The van der Waals surface area contributed by atoms with Crippen LogP contribution >= 0.6 is 24.0 Å². The molecule has 2 aliphatic rings. The lowest BCUT2D eigenvalue weighted by Crippen LogP contribution is -2.51. The van der Waals surface area contributed by atoms with Gasteiger partial charge in [-0.25, -0.2) is 0 Å². The highest BCUT2D eigenvalue weighted by Crippen LogP contribution is 2.36. The molecule has 0 bridgehead atoms. The van der Waals surface area contributed by atoms with E-state index in [0.29, 0.717) is 37.6 Å². The summed E-state index contributed by atoms with van der Waals surface area (Å²) >= 11 is 6.16. The molecule has 0 atom stereocenters. The average Bonchev–Trinajstić information content (AvgIpc) is 2.63. The molecule has 25 heavy (non-hydrogen) atoms. The van der Waals surface area contributed by atoms with Gasteiger partial charge in [-0.15, -0.1) is 12.4 Å². The molecule has 2 aliphatic heterocycles. The van der Waals surface area contributed by atoms with Crippen LogP contribution < -0.4 is 10.6 Å². The number of nitrogens with zero attached hydrogens (tertiary/aromatic N) is 1. The Morgan fingerprint density at radius 3 is 2.68 bits per heavy atom. The van der Waals surface area contributed by atoms with E-state index in [0.717, 1.165) is 38.3 Å². The van der Waals surface area contributed by atoms with Crippen molar-refractivity contribution in [2.24, 2.45) is 0 Å². The second-order valence-electron chi connectivity index (χ2n) is 6.55. The molecule has 2 fully saturated rings. The van der Waals surface area contributed by atoms with E-state index in [-0.39, 0.29) is 18.3 Å². The Labute approximate surface area is 160 Å². The SMILES string of the molecule is Cl.O=C(NCCN1CCNCC1)C1(c2cccc(Cl)c2)CCOCC1. The number of hydrogen-bond donors (Lipinski definition) is 2. The molecule has 0 aliphatic carbocycles. The predicted molar refractivity (Wildman–Crippen MR) is 103 cm³/mol. The van der Waals surface area contributed by atoms with Gasteiger partial charge >= 0.3 is 0 Å². The second-order valence-corrected chi connectivity index (χ2v) is 6.99. The number of carbonyl (C=O) groups excluding carboxylic acids is 1. The summed E-state index contributed by atoms with van der Waals surface area (Å²) in [5.74, 6) is 0.100. The molecule has 0 spiro atoms. The fraction of sp³-hybridized carbons (Fsp3) is 0.611. The molecule has 2 N–H and O–H groups in total. The molecule has 5 nitrogen and oxygen atoms in total. The first-order chi connectivity index (χ1) is 11.7. The third-order valence-corrected chi connectivity index (χ3v) is 5.32. The summed E-state index contributed by atoms with van der Waals surface area (Å²) in [6.07, 6.45) is 1.40. The Kier molecular flexibility index (Phi) is 7.97. The molecule has 0 aromatic heterocycles. The van der Waals surface area contributed by atoms with Crippen LogP contribution in [0.5, 0.6) is 0 Å². The summed E-state index contributed by atoms with van der Waals surface area (Å²) in [6.45, 7) is 6.94. The first-order valence-electron chi connectivity index (χ1n) is 8.76.